The van der Waals surface area contributed by atoms with E-state index in [1.165, 1.54) is 0 Å². The SMILES string of the molecule is CCNC(=O)C1CNCCN1CCS(=O)(=O)C(C)(C)C. The lowest BCUT2D eigenvalue weighted by atomic mass is 10.2. The van der Waals surface area contributed by atoms with Crippen LogP contribution in [0.5, 0.6) is 0 Å². The Bertz CT molecular complexity index is 429. The number of hydrogen-bond donors (Lipinski definition) is 2. The van der Waals surface area contributed by atoms with Crippen molar-refractivity contribution in [3.63, 3.8) is 0 Å². The van der Waals surface area contributed by atoms with E-state index in [4.69, 9.17) is 0 Å². The van der Waals surface area contributed by atoms with Crippen LogP contribution in [0.25, 0.3) is 0 Å². The summed E-state index contributed by atoms with van der Waals surface area (Å²) in [5, 5.41) is 5.98. The van der Waals surface area contributed by atoms with E-state index in [-0.39, 0.29) is 17.7 Å². The summed E-state index contributed by atoms with van der Waals surface area (Å²) in [6, 6.07) is -0.279. The predicted molar refractivity (Wildman–Crippen MR) is 80.5 cm³/mol. The van der Waals surface area contributed by atoms with Crippen molar-refractivity contribution in [2.45, 2.75) is 38.5 Å². The molecule has 1 saturated heterocycles. The van der Waals surface area contributed by atoms with Crippen LogP contribution in [-0.4, -0.2) is 68.5 Å². The van der Waals surface area contributed by atoms with Crippen molar-refractivity contribution in [3.05, 3.63) is 0 Å². The second kappa shape index (κ2) is 6.87. The molecule has 0 spiro atoms. The molecule has 0 aromatic carbocycles. The highest BCUT2D eigenvalue weighted by Gasteiger charge is 2.32. The zero-order valence-corrected chi connectivity index (χ0v) is 13.7. The van der Waals surface area contributed by atoms with E-state index in [2.05, 4.69) is 10.6 Å². The van der Waals surface area contributed by atoms with Crippen LogP contribution in [0.2, 0.25) is 0 Å². The summed E-state index contributed by atoms with van der Waals surface area (Å²) < 4.78 is 23.6. The molecule has 1 aliphatic rings. The summed E-state index contributed by atoms with van der Waals surface area (Å²) >= 11 is 0. The molecule has 2 N–H and O–H groups in total. The van der Waals surface area contributed by atoms with Gasteiger partial charge in [-0.3, -0.25) is 9.69 Å². The summed E-state index contributed by atoms with van der Waals surface area (Å²) in [6.45, 7) is 10.0. The van der Waals surface area contributed by atoms with Gasteiger partial charge in [0.15, 0.2) is 9.84 Å². The van der Waals surface area contributed by atoms with Crippen molar-refractivity contribution >= 4 is 15.7 Å². The van der Waals surface area contributed by atoms with Crippen LogP contribution >= 0.6 is 0 Å². The first kappa shape index (κ1) is 17.4. The van der Waals surface area contributed by atoms with Gasteiger partial charge in [0.2, 0.25) is 5.91 Å². The minimum atomic E-state index is -3.15. The largest absolute Gasteiger partial charge is 0.355 e. The summed E-state index contributed by atoms with van der Waals surface area (Å²) in [4.78, 5) is 14.0. The van der Waals surface area contributed by atoms with E-state index >= 15 is 0 Å². The fraction of sp³-hybridized carbons (Fsp3) is 0.923. The number of likely N-dealkylation sites (N-methyl/N-ethyl adjacent to an activating group) is 1. The third-order valence-corrected chi connectivity index (χ3v) is 6.17. The Kier molecular flexibility index (Phi) is 5.97. The molecule has 1 atom stereocenters. The van der Waals surface area contributed by atoms with E-state index in [1.807, 2.05) is 11.8 Å². The van der Waals surface area contributed by atoms with E-state index in [0.29, 0.717) is 26.2 Å². The van der Waals surface area contributed by atoms with E-state index in [9.17, 15) is 13.2 Å². The molecule has 0 aromatic heterocycles. The number of hydrogen-bond acceptors (Lipinski definition) is 5. The Balaban J connectivity index is 2.66. The van der Waals surface area contributed by atoms with Crippen LogP contribution in [0, 0.1) is 0 Å². The van der Waals surface area contributed by atoms with Crippen LogP contribution in [0.1, 0.15) is 27.7 Å². The second-order valence-corrected chi connectivity index (χ2v) is 8.94. The third-order valence-electron chi connectivity index (χ3n) is 3.59. The van der Waals surface area contributed by atoms with Crippen molar-refractivity contribution in [2.24, 2.45) is 0 Å². The fourth-order valence-corrected chi connectivity index (χ4v) is 3.20. The number of carbonyl (C=O) groups excluding carboxylic acids is 1. The second-order valence-electron chi connectivity index (χ2n) is 6.08. The molecule has 1 heterocycles. The van der Waals surface area contributed by atoms with Gasteiger partial charge in [0.1, 0.15) is 6.04 Å². The molecule has 1 amide bonds. The van der Waals surface area contributed by atoms with Crippen molar-refractivity contribution < 1.29 is 13.2 Å². The van der Waals surface area contributed by atoms with Crippen molar-refractivity contribution in [3.8, 4) is 0 Å². The summed E-state index contributed by atoms with van der Waals surface area (Å²) in [5.41, 5.74) is 0. The molecule has 6 nitrogen and oxygen atoms in total. The van der Waals surface area contributed by atoms with Gasteiger partial charge in [-0.25, -0.2) is 8.42 Å². The van der Waals surface area contributed by atoms with Gasteiger partial charge in [0, 0.05) is 32.7 Å². The number of nitrogens with one attached hydrogen (secondary N) is 2. The number of nitrogens with zero attached hydrogens (tertiary/aromatic N) is 1. The number of carbonyl (C=O) groups is 1. The highest BCUT2D eigenvalue weighted by Crippen LogP contribution is 2.16. The van der Waals surface area contributed by atoms with Crippen LogP contribution in [0.3, 0.4) is 0 Å². The predicted octanol–water partition coefficient (Wildman–Crippen LogP) is -0.390. The standard InChI is InChI=1S/C13H27N3O3S/c1-5-15-12(17)11-10-14-6-7-16(11)8-9-20(18,19)13(2,3)4/h11,14H,5-10H2,1-4H3,(H,15,17). The molecule has 0 aliphatic carbocycles. The molecule has 118 valence electrons. The maximum Gasteiger partial charge on any atom is 0.238 e. The van der Waals surface area contributed by atoms with Gasteiger partial charge in [-0.15, -0.1) is 0 Å². The Hall–Kier alpha value is -0.660. The monoisotopic (exact) mass is 305 g/mol. The maximum atomic E-state index is 12.2. The Morgan fingerprint density at radius 2 is 2.05 bits per heavy atom. The number of rotatable bonds is 5. The fourth-order valence-electron chi connectivity index (χ4n) is 2.11. The van der Waals surface area contributed by atoms with Gasteiger partial charge >= 0.3 is 0 Å². The topological polar surface area (TPSA) is 78.5 Å². The lowest BCUT2D eigenvalue weighted by Gasteiger charge is -2.35. The van der Waals surface area contributed by atoms with Crippen molar-refractivity contribution in [1.29, 1.82) is 0 Å². The lowest BCUT2D eigenvalue weighted by Crippen LogP contribution is -2.58. The van der Waals surface area contributed by atoms with Gasteiger partial charge < -0.3 is 10.6 Å². The van der Waals surface area contributed by atoms with Crippen LogP contribution in [0.4, 0.5) is 0 Å². The minimum Gasteiger partial charge on any atom is -0.355 e. The van der Waals surface area contributed by atoms with Crippen LogP contribution in [-0.2, 0) is 14.6 Å². The Morgan fingerprint density at radius 1 is 1.40 bits per heavy atom. The summed E-state index contributed by atoms with van der Waals surface area (Å²) in [5.74, 6) is 0.0553. The zero-order chi connectivity index (χ0) is 15.4. The molecule has 0 bridgehead atoms. The van der Waals surface area contributed by atoms with Crippen LogP contribution in [0.15, 0.2) is 0 Å². The molecule has 1 unspecified atom stereocenters. The molecule has 1 fully saturated rings. The van der Waals surface area contributed by atoms with Gasteiger partial charge in [0.05, 0.1) is 10.5 Å². The maximum absolute atomic E-state index is 12.2. The van der Waals surface area contributed by atoms with E-state index in [0.717, 1.165) is 6.54 Å². The molecule has 20 heavy (non-hydrogen) atoms. The van der Waals surface area contributed by atoms with Gasteiger partial charge in [-0.05, 0) is 27.7 Å². The normalized spacial score (nSPS) is 21.7. The molecular weight excluding hydrogens is 278 g/mol. The van der Waals surface area contributed by atoms with E-state index < -0.39 is 14.6 Å². The Labute approximate surface area is 122 Å². The first-order chi connectivity index (χ1) is 9.19. The highest BCUT2D eigenvalue weighted by atomic mass is 32.2. The van der Waals surface area contributed by atoms with Crippen LogP contribution < -0.4 is 10.6 Å². The number of amides is 1. The average molecular weight is 305 g/mol. The lowest BCUT2D eigenvalue weighted by molar-refractivity contribution is -0.126. The minimum absolute atomic E-state index is 0.0344. The first-order valence-electron chi connectivity index (χ1n) is 7.14. The average Bonchev–Trinajstić information content (AvgIpc) is 2.35. The molecule has 0 aromatic rings. The number of piperazine rings is 1. The Morgan fingerprint density at radius 3 is 2.60 bits per heavy atom. The number of sulfone groups is 1. The van der Waals surface area contributed by atoms with Crippen molar-refractivity contribution in [2.75, 3.05) is 38.5 Å². The van der Waals surface area contributed by atoms with Gasteiger partial charge in [-0.1, -0.05) is 0 Å². The van der Waals surface area contributed by atoms with Crippen molar-refractivity contribution in [1.82, 2.24) is 15.5 Å². The van der Waals surface area contributed by atoms with Gasteiger partial charge in [0.25, 0.3) is 0 Å². The smallest absolute Gasteiger partial charge is 0.238 e. The molecular formula is C13H27N3O3S. The molecule has 0 saturated carbocycles. The summed E-state index contributed by atoms with van der Waals surface area (Å²) in [6.07, 6.45) is 0. The quantitative estimate of drug-likeness (QED) is 0.723. The highest BCUT2D eigenvalue weighted by molar-refractivity contribution is 7.92. The summed E-state index contributed by atoms with van der Waals surface area (Å²) in [7, 11) is -3.15. The molecule has 1 rings (SSSR count). The molecule has 0 radical (unpaired) electrons. The molecule has 7 heteroatoms. The molecule has 1 aliphatic heterocycles. The van der Waals surface area contributed by atoms with Gasteiger partial charge in [-0.2, -0.15) is 0 Å². The third kappa shape index (κ3) is 4.43. The van der Waals surface area contributed by atoms with E-state index in [1.54, 1.807) is 20.8 Å². The first-order valence-corrected chi connectivity index (χ1v) is 8.79. The zero-order valence-electron chi connectivity index (χ0n) is 12.9.